The predicted molar refractivity (Wildman–Crippen MR) is 65.5 cm³/mol. The predicted octanol–water partition coefficient (Wildman–Crippen LogP) is -1.13. The maximum Gasteiger partial charge on any atom is 0.420 e. The van der Waals surface area contributed by atoms with Crippen molar-refractivity contribution in [3.05, 3.63) is 0 Å². The molecule has 0 spiro atoms. The van der Waals surface area contributed by atoms with Crippen molar-refractivity contribution >= 4 is 29.6 Å². The molecule has 0 saturated carbocycles. The van der Waals surface area contributed by atoms with Crippen LogP contribution in [0.3, 0.4) is 0 Å². The van der Waals surface area contributed by atoms with E-state index in [2.05, 4.69) is 13.1 Å². The van der Waals surface area contributed by atoms with Crippen LogP contribution in [0.2, 0.25) is 0 Å². The summed E-state index contributed by atoms with van der Waals surface area (Å²) in [4.78, 5) is 25.2. The Morgan fingerprint density at radius 2 is 2.05 bits per heavy atom. The lowest BCUT2D eigenvalue weighted by atomic mass is 9.82. The molecule has 2 rings (SSSR count). The number of rotatable bonds is 6. The van der Waals surface area contributed by atoms with Gasteiger partial charge in [0.05, 0.1) is 19.2 Å². The van der Waals surface area contributed by atoms with Crippen LogP contribution in [0.1, 0.15) is 12.8 Å². The molecule has 2 aliphatic heterocycles. The van der Waals surface area contributed by atoms with Crippen molar-refractivity contribution in [1.29, 1.82) is 0 Å². The van der Waals surface area contributed by atoms with E-state index in [0.29, 0.717) is 12.8 Å². The van der Waals surface area contributed by atoms with Crippen LogP contribution in [0, 0.1) is 0 Å². The molecule has 0 aromatic carbocycles. The van der Waals surface area contributed by atoms with Crippen LogP contribution in [-0.2, 0) is 28.3 Å². The van der Waals surface area contributed by atoms with Gasteiger partial charge < -0.3 is 14.3 Å². The molecule has 0 N–H and O–H groups in total. The third-order valence-electron chi connectivity index (χ3n) is 3.26. The number of fused-ring (bicyclic) bond motifs is 2. The maximum atomic E-state index is 12.1. The van der Waals surface area contributed by atoms with Gasteiger partial charge in [0.25, 0.3) is 0 Å². The number of carbonyl (C=O) groups excluding carboxylic acids is 2. The highest BCUT2D eigenvalue weighted by molar-refractivity contribution is 7.81. The first-order valence-corrected chi connectivity index (χ1v) is 7.22. The van der Waals surface area contributed by atoms with Gasteiger partial charge in [-0.15, -0.1) is 4.28 Å². The second-order valence-electron chi connectivity index (χ2n) is 4.41. The van der Waals surface area contributed by atoms with Crippen LogP contribution in [-0.4, -0.2) is 70.4 Å². The highest BCUT2D eigenvalue weighted by atomic mass is 32.3. The van der Waals surface area contributed by atoms with Crippen LogP contribution in [0.4, 0.5) is 4.79 Å². The molecule has 2 saturated heterocycles. The van der Waals surface area contributed by atoms with Crippen molar-refractivity contribution in [1.82, 2.24) is 9.96 Å². The molecule has 2 bridgehead atoms. The van der Waals surface area contributed by atoms with Crippen molar-refractivity contribution in [2.24, 2.45) is 0 Å². The fourth-order valence-electron chi connectivity index (χ4n) is 2.35. The van der Waals surface area contributed by atoms with Crippen LogP contribution in [0.5, 0.6) is 0 Å². The van der Waals surface area contributed by atoms with E-state index < -0.39 is 28.5 Å². The largest absolute Gasteiger partial charge is 0.434 e. The quantitative estimate of drug-likeness (QED) is 0.572. The highest BCUT2D eigenvalue weighted by Crippen LogP contribution is 2.31. The second-order valence-corrected chi connectivity index (χ2v) is 5.71. The van der Waals surface area contributed by atoms with Crippen molar-refractivity contribution < 1.29 is 31.1 Å². The van der Waals surface area contributed by atoms with Gasteiger partial charge >= 0.3 is 23.9 Å². The minimum absolute atomic E-state index is 0.228. The van der Waals surface area contributed by atoms with E-state index in [1.807, 2.05) is 0 Å². The van der Waals surface area contributed by atoms with Crippen LogP contribution >= 0.6 is 0 Å². The Bertz CT molecular complexity index is 510. The van der Waals surface area contributed by atoms with E-state index >= 15 is 0 Å². The summed E-state index contributed by atoms with van der Waals surface area (Å²) in [6.45, 7) is 0.228. The Labute approximate surface area is 117 Å². The van der Waals surface area contributed by atoms with Gasteiger partial charge in [0.2, 0.25) is 0 Å². The number of hydrogen-bond acceptors (Lipinski definition) is 7. The van der Waals surface area contributed by atoms with Gasteiger partial charge in [0, 0.05) is 13.7 Å². The first kappa shape index (κ1) is 15.2. The number of piperidine rings is 1. The van der Waals surface area contributed by atoms with Crippen LogP contribution in [0.15, 0.2) is 0 Å². The lowest BCUT2D eigenvalue weighted by Crippen LogP contribution is -2.47. The molecule has 2 fully saturated rings. The molecule has 0 unspecified atom stereocenters. The van der Waals surface area contributed by atoms with Gasteiger partial charge in [-0.25, -0.2) is 4.79 Å². The van der Waals surface area contributed by atoms with Gasteiger partial charge in [0.15, 0.2) is 0 Å². The second kappa shape index (κ2) is 5.68. The third kappa shape index (κ3) is 2.80. The number of urea groups is 1. The summed E-state index contributed by atoms with van der Waals surface area (Å²) in [6.07, 6.45) is 0.872. The molecule has 11 heteroatoms. The van der Waals surface area contributed by atoms with E-state index in [1.54, 1.807) is 0 Å². The first-order chi connectivity index (χ1) is 9.39. The van der Waals surface area contributed by atoms with E-state index in [-0.39, 0.29) is 12.2 Å². The summed E-state index contributed by atoms with van der Waals surface area (Å²) in [7, 11) is -0.950. The SMILES string of the molecule is CO[B]C(=O)[C@@H]1CC[C@@H]2CN1C(=O)N2OS(=O)(=O)OC. The average molecular weight is 305 g/mol. The zero-order valence-corrected chi connectivity index (χ0v) is 11.8. The summed E-state index contributed by atoms with van der Waals surface area (Å²) in [6, 6.07) is -1.74. The van der Waals surface area contributed by atoms with Crippen molar-refractivity contribution in [3.8, 4) is 0 Å². The highest BCUT2D eigenvalue weighted by Gasteiger charge is 2.49. The molecule has 20 heavy (non-hydrogen) atoms. The molecule has 0 aliphatic carbocycles. The zero-order valence-electron chi connectivity index (χ0n) is 11.0. The number of hydroxylamine groups is 2. The molecule has 1 radical (unpaired) electrons. The Morgan fingerprint density at radius 1 is 1.35 bits per heavy atom. The van der Waals surface area contributed by atoms with Crippen molar-refractivity contribution in [2.45, 2.75) is 24.9 Å². The number of amides is 2. The smallest absolute Gasteiger partial charge is 0.420 e. The van der Waals surface area contributed by atoms with E-state index in [4.69, 9.17) is 0 Å². The molecular formula is C9H14BN2O7S. The Kier molecular flexibility index (Phi) is 4.32. The van der Waals surface area contributed by atoms with Crippen LogP contribution < -0.4 is 0 Å². The molecule has 2 heterocycles. The van der Waals surface area contributed by atoms with Gasteiger partial charge in [-0.3, -0.25) is 4.18 Å². The molecule has 0 aromatic heterocycles. The van der Waals surface area contributed by atoms with E-state index in [1.165, 1.54) is 12.0 Å². The van der Waals surface area contributed by atoms with Crippen molar-refractivity contribution in [3.63, 3.8) is 0 Å². The summed E-state index contributed by atoms with van der Waals surface area (Å²) in [5.41, 5.74) is -0.337. The maximum absolute atomic E-state index is 12.1. The fourth-order valence-corrected chi connectivity index (χ4v) is 2.79. The zero-order chi connectivity index (χ0) is 14.9. The minimum Gasteiger partial charge on any atom is -0.434 e. The molecule has 111 valence electrons. The lowest BCUT2D eigenvalue weighted by molar-refractivity contribution is -0.117. The Morgan fingerprint density at radius 3 is 2.65 bits per heavy atom. The van der Waals surface area contributed by atoms with Gasteiger partial charge in [0.1, 0.15) is 5.68 Å². The lowest BCUT2D eigenvalue weighted by Gasteiger charge is -2.28. The van der Waals surface area contributed by atoms with Crippen LogP contribution in [0.25, 0.3) is 0 Å². The number of nitrogens with zero attached hydrogens (tertiary/aromatic N) is 2. The van der Waals surface area contributed by atoms with Crippen molar-refractivity contribution in [2.75, 3.05) is 20.8 Å². The van der Waals surface area contributed by atoms with Gasteiger partial charge in [-0.1, -0.05) is 0 Å². The monoisotopic (exact) mass is 305 g/mol. The standard InChI is InChI=1S/C9H14BN2O7S/c1-17-10-8(13)7-4-3-6-5-11(7)9(14)12(6)19-20(15,16)18-2/h6-7H,3-5H2,1-2H3/t6-,7+/m1/s1. The summed E-state index contributed by atoms with van der Waals surface area (Å²) < 4.78 is 35.9. The van der Waals surface area contributed by atoms with Gasteiger partial charge in [-0.05, 0) is 12.8 Å². The first-order valence-electron chi connectivity index (χ1n) is 5.89. The molecule has 0 aromatic rings. The summed E-state index contributed by atoms with van der Waals surface area (Å²) in [5.74, 6) is 0. The van der Waals surface area contributed by atoms with Gasteiger partial charge in [-0.2, -0.15) is 13.5 Å². The number of carbonyl (C=O) groups is 2. The average Bonchev–Trinajstić information content (AvgIpc) is 2.64. The summed E-state index contributed by atoms with van der Waals surface area (Å²) >= 11 is 0. The molecule has 9 nitrogen and oxygen atoms in total. The van der Waals surface area contributed by atoms with E-state index in [9.17, 15) is 18.0 Å². The Balaban J connectivity index is 2.12. The fraction of sp³-hybridized carbons (Fsp3) is 0.778. The molecular weight excluding hydrogens is 291 g/mol. The Hall–Kier alpha value is -1.17. The topological polar surface area (TPSA) is 102 Å². The third-order valence-corrected chi connectivity index (χ3v) is 4.01. The van der Waals surface area contributed by atoms with E-state index in [0.717, 1.165) is 19.7 Å². The number of hydrogen-bond donors (Lipinski definition) is 0. The molecule has 2 aliphatic rings. The summed E-state index contributed by atoms with van der Waals surface area (Å²) in [5, 5.41) is 0.749. The molecule has 2 amide bonds. The normalized spacial score (nSPS) is 26.0. The molecule has 2 atom stereocenters. The minimum atomic E-state index is -4.26.